The van der Waals surface area contributed by atoms with Crippen LogP contribution in [0.2, 0.25) is 0 Å². The van der Waals surface area contributed by atoms with Gasteiger partial charge in [0, 0.05) is 69.8 Å². The molecule has 268 valence electrons. The maximum atomic E-state index is 15.6. The average molecular weight is 705 g/mol. The lowest BCUT2D eigenvalue weighted by molar-refractivity contribution is 0.0999. The molecule has 4 N–H and O–H groups in total. The van der Waals surface area contributed by atoms with Gasteiger partial charge < -0.3 is 15.7 Å². The Balaban J connectivity index is 1.01. The number of allylic oxidation sites excluding steroid dienone is 2. The number of azide groups is 1. The van der Waals surface area contributed by atoms with E-state index < -0.39 is 5.91 Å². The van der Waals surface area contributed by atoms with Crippen molar-refractivity contribution in [3.8, 4) is 0 Å². The zero-order valence-electron chi connectivity index (χ0n) is 29.0. The highest BCUT2D eigenvalue weighted by molar-refractivity contribution is 6.00. The number of β-amino-alcohol motifs (C(OH)–C–C–N with tert-alkyl or cyclic N) is 1. The molecule has 3 fully saturated rings. The van der Waals surface area contributed by atoms with Gasteiger partial charge >= 0.3 is 0 Å². The van der Waals surface area contributed by atoms with Crippen molar-refractivity contribution in [1.82, 2.24) is 15.4 Å². The molecule has 2 saturated carbocycles. The molecule has 2 aliphatic carbocycles. The summed E-state index contributed by atoms with van der Waals surface area (Å²) < 4.78 is 28.9. The number of hydrazine groups is 1. The molecule has 2 heterocycles. The van der Waals surface area contributed by atoms with Gasteiger partial charge in [-0.15, -0.1) is 0 Å². The number of aryl methyl sites for hydroxylation is 1. The Morgan fingerprint density at radius 2 is 1.77 bits per heavy atom. The van der Waals surface area contributed by atoms with Gasteiger partial charge in [0.1, 0.15) is 11.6 Å². The lowest BCUT2D eigenvalue weighted by Crippen LogP contribution is -2.38. The second kappa shape index (κ2) is 14.5. The Morgan fingerprint density at radius 3 is 2.46 bits per heavy atom. The molecular formula is C40H42F2N8O2. The van der Waals surface area contributed by atoms with Crippen LogP contribution < -0.4 is 16.1 Å². The van der Waals surface area contributed by atoms with Crippen molar-refractivity contribution in [2.75, 3.05) is 23.7 Å². The van der Waals surface area contributed by atoms with E-state index in [9.17, 15) is 14.3 Å². The number of unbranched alkanes of at least 4 members (excludes halogenated alkanes) is 1. The summed E-state index contributed by atoms with van der Waals surface area (Å²) in [4.78, 5) is 20.3. The first-order chi connectivity index (χ1) is 25.1. The number of nitrogens with zero attached hydrogens (tertiary/aromatic N) is 5. The van der Waals surface area contributed by atoms with E-state index in [-0.39, 0.29) is 35.1 Å². The number of aliphatic hydroxyl groups is 1. The highest BCUT2D eigenvalue weighted by Crippen LogP contribution is 2.55. The van der Waals surface area contributed by atoms with E-state index in [0.717, 1.165) is 73.3 Å². The molecule has 1 aliphatic heterocycles. The van der Waals surface area contributed by atoms with Crippen molar-refractivity contribution in [3.05, 3.63) is 136 Å². The van der Waals surface area contributed by atoms with Crippen LogP contribution >= 0.6 is 0 Å². The summed E-state index contributed by atoms with van der Waals surface area (Å²) in [7, 11) is 0. The first-order valence-corrected chi connectivity index (χ1v) is 17.7. The van der Waals surface area contributed by atoms with E-state index in [1.807, 2.05) is 18.2 Å². The van der Waals surface area contributed by atoms with Crippen LogP contribution in [-0.2, 0) is 12.8 Å². The minimum absolute atomic E-state index is 0.129. The van der Waals surface area contributed by atoms with Crippen LogP contribution in [0, 0.1) is 17.0 Å². The molecule has 1 aromatic heterocycles. The molecule has 4 aromatic rings. The first-order valence-electron chi connectivity index (χ1n) is 17.7. The number of amides is 1. The summed E-state index contributed by atoms with van der Waals surface area (Å²) in [5.41, 5.74) is 18.1. The zero-order valence-corrected chi connectivity index (χ0v) is 29.0. The van der Waals surface area contributed by atoms with Crippen molar-refractivity contribution in [2.45, 2.75) is 69.4 Å². The average Bonchev–Trinajstić information content (AvgIpc) is 4.05. The number of hydrogen-bond acceptors (Lipinski definition) is 7. The standard InChI is InChI=1S/C40H42F2N8O2/c1-25(45-31-10-7-30(41)8-11-31)23-39(13-14-39)26(2)46-32-9-6-29(35(42)21-32)19-28-12-17-44-36-20-27(34(22-33(28)36)38(52)47-49-43)5-3-4-18-50-24-37(51)40(48-50)15-16-40/h6-12,17,20-22,37,45-46,48,51H,1-5,13-16,18-19,23-24H2/t37-/m0/s1. The SMILES string of the molecule is C=C(CC1(C(=C)Nc2ccc(Cc3ccnc4cc(CCCCN5C[C@H](O)C6(CC6)N5)c(C(=O)N=[N+]=[N-])cc34)c(F)c2)CC1)Nc1ccc(F)cc1. The lowest BCUT2D eigenvalue weighted by atomic mass is 9.94. The van der Waals surface area contributed by atoms with Gasteiger partial charge in [0.25, 0.3) is 0 Å². The summed E-state index contributed by atoms with van der Waals surface area (Å²) in [6, 6.07) is 16.5. The van der Waals surface area contributed by atoms with Crippen molar-refractivity contribution in [2.24, 2.45) is 10.5 Å². The van der Waals surface area contributed by atoms with Crippen LogP contribution in [0.3, 0.4) is 0 Å². The van der Waals surface area contributed by atoms with Gasteiger partial charge in [-0.25, -0.2) is 19.2 Å². The maximum absolute atomic E-state index is 15.6. The number of halogens is 2. The number of nitrogens with one attached hydrogen (secondary N) is 3. The van der Waals surface area contributed by atoms with E-state index in [2.05, 4.69) is 49.2 Å². The van der Waals surface area contributed by atoms with Gasteiger partial charge in [-0.3, -0.25) is 9.78 Å². The van der Waals surface area contributed by atoms with Gasteiger partial charge in [-0.2, -0.15) is 0 Å². The van der Waals surface area contributed by atoms with E-state index in [1.54, 1.807) is 30.5 Å². The number of hydrogen-bond donors (Lipinski definition) is 4. The second-order valence-corrected chi connectivity index (χ2v) is 14.5. The van der Waals surface area contributed by atoms with Crippen LogP contribution in [0.4, 0.5) is 20.2 Å². The van der Waals surface area contributed by atoms with Crippen molar-refractivity contribution >= 4 is 28.2 Å². The highest BCUT2D eigenvalue weighted by Gasteiger charge is 2.54. The number of pyridine rings is 1. The van der Waals surface area contributed by atoms with Gasteiger partial charge in [0.05, 0.1) is 17.2 Å². The maximum Gasteiger partial charge on any atom is 0.249 e. The molecule has 0 radical (unpaired) electrons. The Kier molecular flexibility index (Phi) is 9.82. The fourth-order valence-corrected chi connectivity index (χ4v) is 7.32. The Morgan fingerprint density at radius 1 is 1.00 bits per heavy atom. The Labute approximate surface area is 301 Å². The van der Waals surface area contributed by atoms with Crippen molar-refractivity contribution < 1.29 is 18.7 Å². The number of carbonyl (C=O) groups excluding carboxylic acids is 1. The Hall–Kier alpha value is -5.13. The fraction of sp³-hybridized carbons (Fsp3) is 0.350. The number of rotatable bonds is 15. The summed E-state index contributed by atoms with van der Waals surface area (Å²) in [6.07, 6.45) is 8.27. The van der Waals surface area contributed by atoms with Gasteiger partial charge in [0.2, 0.25) is 5.91 Å². The largest absolute Gasteiger partial charge is 0.390 e. The Bertz CT molecular complexity index is 2090. The second-order valence-electron chi connectivity index (χ2n) is 14.5. The predicted octanol–water partition coefficient (Wildman–Crippen LogP) is 8.31. The molecule has 1 amide bonds. The normalized spacial score (nSPS) is 18.2. The highest BCUT2D eigenvalue weighted by atomic mass is 19.1. The molecule has 12 heteroatoms. The van der Waals surface area contributed by atoms with Crippen LogP contribution in [0.1, 0.15) is 72.0 Å². The van der Waals surface area contributed by atoms with E-state index in [1.165, 1.54) is 18.2 Å². The number of fused-ring (bicyclic) bond motifs is 1. The minimum atomic E-state index is -0.667. The molecule has 3 aromatic carbocycles. The smallest absolute Gasteiger partial charge is 0.249 e. The lowest BCUT2D eigenvalue weighted by Gasteiger charge is -2.22. The summed E-state index contributed by atoms with van der Waals surface area (Å²) >= 11 is 0. The quantitative estimate of drug-likeness (QED) is 0.0423. The zero-order chi connectivity index (χ0) is 36.5. The fourth-order valence-electron chi connectivity index (χ4n) is 7.32. The topological polar surface area (TPSA) is 138 Å². The van der Waals surface area contributed by atoms with Crippen LogP contribution in [0.15, 0.2) is 96.5 Å². The number of carbonyl (C=O) groups is 1. The molecule has 7 rings (SSSR count). The number of anilines is 2. The summed E-state index contributed by atoms with van der Waals surface area (Å²) in [5, 5.41) is 23.0. The van der Waals surface area contributed by atoms with E-state index in [4.69, 9.17) is 5.53 Å². The van der Waals surface area contributed by atoms with E-state index in [0.29, 0.717) is 47.1 Å². The molecule has 0 bridgehead atoms. The molecule has 0 unspecified atom stereocenters. The molecule has 52 heavy (non-hydrogen) atoms. The van der Waals surface area contributed by atoms with Gasteiger partial charge in [-0.05, 0) is 133 Å². The van der Waals surface area contributed by atoms with E-state index >= 15 is 4.39 Å². The number of aromatic nitrogens is 1. The van der Waals surface area contributed by atoms with Crippen molar-refractivity contribution in [1.29, 1.82) is 0 Å². The molecule has 3 aliphatic rings. The third-order valence-electron chi connectivity index (χ3n) is 10.7. The van der Waals surface area contributed by atoms with Crippen LogP contribution in [0.25, 0.3) is 21.3 Å². The monoisotopic (exact) mass is 704 g/mol. The van der Waals surface area contributed by atoms with Gasteiger partial charge in [-0.1, -0.05) is 19.2 Å². The molecule has 1 saturated heterocycles. The van der Waals surface area contributed by atoms with Crippen molar-refractivity contribution in [3.63, 3.8) is 0 Å². The molecular weight excluding hydrogens is 662 g/mol. The number of aliphatic hydroxyl groups excluding tert-OH is 1. The minimum Gasteiger partial charge on any atom is -0.390 e. The third kappa shape index (κ3) is 7.70. The molecule has 10 nitrogen and oxygen atoms in total. The third-order valence-corrected chi connectivity index (χ3v) is 10.7. The first kappa shape index (κ1) is 35.3. The van der Waals surface area contributed by atoms with Gasteiger partial charge in [0.15, 0.2) is 0 Å². The van der Waals surface area contributed by atoms with Crippen LogP contribution in [-0.4, -0.2) is 45.7 Å². The number of benzene rings is 3. The molecule has 1 spiro atoms. The predicted molar refractivity (Wildman–Crippen MR) is 198 cm³/mol. The molecule has 1 atom stereocenters. The van der Waals surface area contributed by atoms with Crippen LogP contribution in [0.5, 0.6) is 0 Å². The summed E-state index contributed by atoms with van der Waals surface area (Å²) in [6.45, 7) is 9.80. The summed E-state index contributed by atoms with van der Waals surface area (Å²) in [5.74, 6) is -1.35.